The SMILES string of the molecule is C=CCC/C=C/NC(=O)Nc1ccc(N(N)/C=C(\N)CCC(C)C)cc1. The molecule has 0 aliphatic carbocycles. The number of unbranched alkanes of at least 4 members (excludes halogenated alkanes) is 1. The minimum Gasteiger partial charge on any atom is -0.401 e. The fourth-order valence-electron chi connectivity index (χ4n) is 2.09. The summed E-state index contributed by atoms with van der Waals surface area (Å²) in [6, 6.07) is 6.92. The molecule has 0 saturated carbocycles. The standard InChI is InChI=1S/C20H31N5O/c1-4-5-6-7-14-23-20(26)24-18-10-12-19(13-11-18)25(22)15-17(21)9-8-16(2)3/h4,7,10-16H,1,5-6,8-9,21-22H2,2-3H3,(H2,23,24,26)/b14-7+,17-15-. The summed E-state index contributed by atoms with van der Waals surface area (Å²) in [7, 11) is 0. The number of anilines is 2. The van der Waals surface area contributed by atoms with E-state index in [4.69, 9.17) is 11.6 Å². The van der Waals surface area contributed by atoms with E-state index in [0.717, 1.165) is 37.1 Å². The van der Waals surface area contributed by atoms with E-state index in [9.17, 15) is 4.79 Å². The Bertz CT molecular complexity index is 620. The second-order valence-electron chi connectivity index (χ2n) is 6.46. The molecule has 0 aliphatic rings. The Morgan fingerprint density at radius 2 is 1.96 bits per heavy atom. The van der Waals surface area contributed by atoms with E-state index in [1.807, 2.05) is 24.3 Å². The second-order valence-corrected chi connectivity index (χ2v) is 6.46. The molecule has 0 bridgehead atoms. The molecule has 0 atom stereocenters. The molecular weight excluding hydrogens is 326 g/mol. The van der Waals surface area contributed by atoms with Gasteiger partial charge in [-0.2, -0.15) is 0 Å². The molecule has 0 radical (unpaired) electrons. The monoisotopic (exact) mass is 357 g/mol. The van der Waals surface area contributed by atoms with Crippen LogP contribution >= 0.6 is 0 Å². The average molecular weight is 358 g/mol. The Morgan fingerprint density at radius 3 is 2.58 bits per heavy atom. The third kappa shape index (κ3) is 8.94. The zero-order valence-corrected chi connectivity index (χ0v) is 15.7. The zero-order valence-electron chi connectivity index (χ0n) is 15.7. The van der Waals surface area contributed by atoms with Gasteiger partial charge in [0.25, 0.3) is 0 Å². The number of nitrogens with one attached hydrogen (secondary N) is 2. The van der Waals surface area contributed by atoms with Crippen molar-refractivity contribution in [2.24, 2.45) is 17.5 Å². The van der Waals surface area contributed by atoms with Crippen LogP contribution in [0.4, 0.5) is 16.2 Å². The van der Waals surface area contributed by atoms with Crippen LogP contribution in [0.3, 0.4) is 0 Å². The molecule has 2 amide bonds. The van der Waals surface area contributed by atoms with Crippen molar-refractivity contribution >= 4 is 17.4 Å². The van der Waals surface area contributed by atoms with Crippen molar-refractivity contribution in [1.82, 2.24) is 5.32 Å². The summed E-state index contributed by atoms with van der Waals surface area (Å²) in [4.78, 5) is 11.8. The van der Waals surface area contributed by atoms with Crippen molar-refractivity contribution in [1.29, 1.82) is 0 Å². The van der Waals surface area contributed by atoms with Gasteiger partial charge in [-0.15, -0.1) is 6.58 Å². The van der Waals surface area contributed by atoms with E-state index >= 15 is 0 Å². The molecule has 0 aliphatic heterocycles. The molecule has 0 unspecified atom stereocenters. The van der Waals surface area contributed by atoms with Gasteiger partial charge >= 0.3 is 6.03 Å². The van der Waals surface area contributed by atoms with Crippen LogP contribution < -0.4 is 27.2 Å². The summed E-state index contributed by atoms with van der Waals surface area (Å²) in [5.74, 6) is 6.62. The van der Waals surface area contributed by atoms with Crippen LogP contribution in [-0.2, 0) is 0 Å². The average Bonchev–Trinajstić information content (AvgIpc) is 2.60. The first kappa shape index (κ1) is 21.3. The molecule has 1 rings (SSSR count). The second kappa shape index (κ2) is 11.8. The van der Waals surface area contributed by atoms with E-state index in [2.05, 4.69) is 31.1 Å². The number of allylic oxidation sites excluding steroid dienone is 3. The molecule has 0 fully saturated rings. The summed E-state index contributed by atoms with van der Waals surface area (Å²) in [5.41, 5.74) is 8.20. The Kier molecular flexibility index (Phi) is 9.64. The van der Waals surface area contributed by atoms with Gasteiger partial charge in [-0.1, -0.05) is 26.0 Å². The summed E-state index contributed by atoms with van der Waals surface area (Å²) in [6.07, 6.45) is 10.6. The minimum atomic E-state index is -0.296. The maximum Gasteiger partial charge on any atom is 0.323 e. The van der Waals surface area contributed by atoms with Crippen molar-refractivity contribution in [2.75, 3.05) is 10.3 Å². The van der Waals surface area contributed by atoms with E-state index in [-0.39, 0.29) is 6.03 Å². The van der Waals surface area contributed by atoms with E-state index in [1.165, 1.54) is 5.01 Å². The Labute approximate surface area is 156 Å². The molecule has 6 nitrogen and oxygen atoms in total. The van der Waals surface area contributed by atoms with Gasteiger partial charge in [0.2, 0.25) is 0 Å². The number of amides is 2. The summed E-state index contributed by atoms with van der Waals surface area (Å²) < 4.78 is 0. The third-order valence-electron chi connectivity index (χ3n) is 3.61. The lowest BCUT2D eigenvalue weighted by atomic mass is 10.1. The molecule has 6 N–H and O–H groups in total. The maximum atomic E-state index is 11.8. The van der Waals surface area contributed by atoms with Crippen LogP contribution in [0.1, 0.15) is 39.5 Å². The number of rotatable bonds is 10. The van der Waals surface area contributed by atoms with Crippen molar-refractivity contribution in [2.45, 2.75) is 39.5 Å². The topological polar surface area (TPSA) is 96.4 Å². The van der Waals surface area contributed by atoms with Crippen molar-refractivity contribution < 1.29 is 4.79 Å². The number of hydrogen-bond acceptors (Lipinski definition) is 4. The van der Waals surface area contributed by atoms with E-state index in [0.29, 0.717) is 11.6 Å². The van der Waals surface area contributed by atoms with Gasteiger partial charge in [-0.3, -0.25) is 5.01 Å². The van der Waals surface area contributed by atoms with Gasteiger partial charge in [0.15, 0.2) is 0 Å². The fraction of sp³-hybridized carbons (Fsp3) is 0.350. The number of hydrazine groups is 1. The van der Waals surface area contributed by atoms with E-state index < -0.39 is 0 Å². The molecule has 0 spiro atoms. The number of carbonyl (C=O) groups is 1. The van der Waals surface area contributed by atoms with Gasteiger partial charge in [0, 0.05) is 23.8 Å². The molecule has 1 aromatic carbocycles. The number of carbonyl (C=O) groups excluding carboxylic acids is 1. The van der Waals surface area contributed by atoms with E-state index in [1.54, 1.807) is 24.5 Å². The van der Waals surface area contributed by atoms with Crippen LogP contribution in [0, 0.1) is 5.92 Å². The first-order chi connectivity index (χ1) is 12.4. The van der Waals surface area contributed by atoms with Crippen LogP contribution in [0.5, 0.6) is 0 Å². The van der Waals surface area contributed by atoms with Crippen LogP contribution in [-0.4, -0.2) is 6.03 Å². The van der Waals surface area contributed by atoms with Crippen LogP contribution in [0.25, 0.3) is 0 Å². The van der Waals surface area contributed by atoms with Gasteiger partial charge < -0.3 is 16.4 Å². The summed E-state index contributed by atoms with van der Waals surface area (Å²) in [5, 5.41) is 6.89. The summed E-state index contributed by atoms with van der Waals surface area (Å²) in [6.45, 7) is 7.96. The van der Waals surface area contributed by atoms with Crippen molar-refractivity contribution in [3.63, 3.8) is 0 Å². The van der Waals surface area contributed by atoms with Crippen molar-refractivity contribution in [3.05, 3.63) is 61.1 Å². The molecule has 0 saturated heterocycles. The lowest BCUT2D eigenvalue weighted by molar-refractivity contribution is 0.255. The molecule has 6 heteroatoms. The maximum absolute atomic E-state index is 11.8. The van der Waals surface area contributed by atoms with Crippen molar-refractivity contribution in [3.8, 4) is 0 Å². The first-order valence-corrected chi connectivity index (χ1v) is 8.86. The highest BCUT2D eigenvalue weighted by Crippen LogP contribution is 2.17. The minimum absolute atomic E-state index is 0.296. The largest absolute Gasteiger partial charge is 0.401 e. The highest BCUT2D eigenvalue weighted by molar-refractivity contribution is 5.90. The van der Waals surface area contributed by atoms with Gasteiger partial charge in [0.05, 0.1) is 5.69 Å². The van der Waals surface area contributed by atoms with Crippen LogP contribution in [0.15, 0.2) is 61.1 Å². The number of benzene rings is 1. The summed E-state index contributed by atoms with van der Waals surface area (Å²) >= 11 is 0. The highest BCUT2D eigenvalue weighted by atomic mass is 16.2. The zero-order chi connectivity index (χ0) is 19.4. The predicted octanol–water partition coefficient (Wildman–Crippen LogP) is 4.20. The third-order valence-corrected chi connectivity index (χ3v) is 3.61. The molecule has 0 heterocycles. The molecular formula is C20H31N5O. The number of hydrogen-bond donors (Lipinski definition) is 4. The van der Waals surface area contributed by atoms with Crippen LogP contribution in [0.2, 0.25) is 0 Å². The first-order valence-electron chi connectivity index (χ1n) is 8.86. The number of urea groups is 1. The Hall–Kier alpha value is -2.73. The lowest BCUT2D eigenvalue weighted by Gasteiger charge is -2.16. The molecule has 1 aromatic rings. The quantitative estimate of drug-likeness (QED) is 0.218. The molecule has 26 heavy (non-hydrogen) atoms. The fourth-order valence-corrected chi connectivity index (χ4v) is 2.09. The molecule has 142 valence electrons. The Balaban J connectivity index is 2.51. The number of nitrogens with two attached hydrogens (primary N) is 2. The molecule has 0 aromatic heterocycles. The lowest BCUT2D eigenvalue weighted by Crippen LogP contribution is -2.26. The Morgan fingerprint density at radius 1 is 1.27 bits per heavy atom. The van der Waals surface area contributed by atoms with Gasteiger partial charge in [0.1, 0.15) is 0 Å². The predicted molar refractivity (Wildman–Crippen MR) is 110 cm³/mol. The van der Waals surface area contributed by atoms with Gasteiger partial charge in [-0.05, 0) is 55.9 Å². The normalized spacial score (nSPS) is 11.6. The smallest absolute Gasteiger partial charge is 0.323 e. The highest BCUT2D eigenvalue weighted by Gasteiger charge is 2.03. The van der Waals surface area contributed by atoms with Gasteiger partial charge in [-0.25, -0.2) is 10.6 Å². The number of nitrogens with zero attached hydrogens (tertiary/aromatic N) is 1.